The van der Waals surface area contributed by atoms with Crippen LogP contribution in [-0.4, -0.2) is 43.1 Å². The number of hydrogen-bond donors (Lipinski definition) is 1. The Morgan fingerprint density at radius 2 is 2.17 bits per heavy atom. The van der Waals surface area contributed by atoms with Crippen molar-refractivity contribution in [3.8, 4) is 0 Å². The van der Waals surface area contributed by atoms with Gasteiger partial charge in [-0.2, -0.15) is 4.31 Å². The van der Waals surface area contributed by atoms with Gasteiger partial charge in [0.15, 0.2) is 0 Å². The molecule has 1 fully saturated rings. The lowest BCUT2D eigenvalue weighted by molar-refractivity contribution is -0.00836. The van der Waals surface area contributed by atoms with Gasteiger partial charge in [-0.15, -0.1) is 0 Å². The Labute approximate surface area is 106 Å². The zero-order chi connectivity index (χ0) is 13.4. The minimum absolute atomic E-state index is 0.137. The van der Waals surface area contributed by atoms with E-state index in [1.165, 1.54) is 16.4 Å². The smallest absolute Gasteiger partial charge is 0.277 e. The summed E-state index contributed by atoms with van der Waals surface area (Å²) < 4.78 is 36.7. The molecule has 1 aromatic rings. The van der Waals surface area contributed by atoms with Crippen molar-refractivity contribution in [2.45, 2.75) is 31.1 Å². The molecule has 1 N–H and O–H groups in total. The van der Waals surface area contributed by atoms with Crippen LogP contribution in [0.3, 0.4) is 0 Å². The van der Waals surface area contributed by atoms with E-state index in [4.69, 9.17) is 14.3 Å². The zero-order valence-electron chi connectivity index (χ0n) is 10.4. The molecule has 0 amide bonds. The van der Waals surface area contributed by atoms with Crippen molar-refractivity contribution in [2.24, 2.45) is 0 Å². The summed E-state index contributed by atoms with van der Waals surface area (Å²) in [6.45, 7) is 4.31. The van der Waals surface area contributed by atoms with Crippen molar-refractivity contribution in [1.82, 2.24) is 4.31 Å². The fraction of sp³-hybridized carbons (Fsp3) is 0.636. The first kappa shape index (κ1) is 13.5. The van der Waals surface area contributed by atoms with Gasteiger partial charge < -0.3 is 14.3 Å². The van der Waals surface area contributed by atoms with Gasteiger partial charge in [-0.25, -0.2) is 8.42 Å². The Bertz CT molecular complexity index is 519. The van der Waals surface area contributed by atoms with Crippen molar-refractivity contribution in [1.29, 1.82) is 0 Å². The summed E-state index contributed by atoms with van der Waals surface area (Å²) in [5, 5.41) is 8.77. The van der Waals surface area contributed by atoms with Gasteiger partial charge >= 0.3 is 0 Å². The largest absolute Gasteiger partial charge is 0.446 e. The standard InChI is InChI=1S/C11H17NO5S/c1-11(2)8-16-6-5-12(11)18(14,15)10-4-3-9(7-13)17-10/h3-4,13H,5-8H2,1-2H3. The molecule has 102 valence electrons. The molecule has 1 saturated heterocycles. The van der Waals surface area contributed by atoms with Gasteiger partial charge in [-0.05, 0) is 26.0 Å². The predicted molar refractivity (Wildman–Crippen MR) is 63.4 cm³/mol. The lowest BCUT2D eigenvalue weighted by Crippen LogP contribution is -2.55. The zero-order valence-corrected chi connectivity index (χ0v) is 11.2. The van der Waals surface area contributed by atoms with E-state index in [0.29, 0.717) is 19.8 Å². The number of furan rings is 1. The van der Waals surface area contributed by atoms with Crippen LogP contribution in [0.4, 0.5) is 0 Å². The average molecular weight is 275 g/mol. The summed E-state index contributed by atoms with van der Waals surface area (Å²) >= 11 is 0. The summed E-state index contributed by atoms with van der Waals surface area (Å²) in [5.41, 5.74) is -0.608. The van der Waals surface area contributed by atoms with Crippen LogP contribution in [0.25, 0.3) is 0 Å². The molecular formula is C11H17NO5S. The maximum absolute atomic E-state index is 12.4. The summed E-state index contributed by atoms with van der Waals surface area (Å²) in [4.78, 5) is 0. The van der Waals surface area contributed by atoms with Crippen LogP contribution in [0.15, 0.2) is 21.6 Å². The molecule has 2 heterocycles. The van der Waals surface area contributed by atoms with E-state index < -0.39 is 15.6 Å². The molecular weight excluding hydrogens is 258 g/mol. The number of rotatable bonds is 3. The van der Waals surface area contributed by atoms with Crippen molar-refractivity contribution in [3.05, 3.63) is 17.9 Å². The first-order valence-corrected chi connectivity index (χ1v) is 7.12. The van der Waals surface area contributed by atoms with Crippen LogP contribution >= 0.6 is 0 Å². The van der Waals surface area contributed by atoms with E-state index in [1.54, 1.807) is 13.8 Å². The summed E-state index contributed by atoms with van der Waals surface area (Å²) in [5.74, 6) is 0.236. The third-order valence-electron chi connectivity index (χ3n) is 2.91. The van der Waals surface area contributed by atoms with Gasteiger partial charge in [0.1, 0.15) is 12.4 Å². The van der Waals surface area contributed by atoms with Crippen LogP contribution in [0, 0.1) is 0 Å². The number of sulfonamides is 1. The molecule has 1 aliphatic rings. The highest BCUT2D eigenvalue weighted by Crippen LogP contribution is 2.28. The summed E-state index contributed by atoms with van der Waals surface area (Å²) in [7, 11) is -3.68. The number of nitrogens with zero attached hydrogens (tertiary/aromatic N) is 1. The SMILES string of the molecule is CC1(C)COCCN1S(=O)(=O)c1ccc(CO)o1. The van der Waals surface area contributed by atoms with Gasteiger partial charge in [-0.1, -0.05) is 0 Å². The molecule has 1 aromatic heterocycles. The van der Waals surface area contributed by atoms with E-state index in [1.807, 2.05) is 0 Å². The van der Waals surface area contributed by atoms with Crippen LogP contribution in [0.2, 0.25) is 0 Å². The topological polar surface area (TPSA) is 80.0 Å². The second-order valence-electron chi connectivity index (χ2n) is 4.82. The number of ether oxygens (including phenoxy) is 1. The van der Waals surface area contributed by atoms with Crippen molar-refractivity contribution < 1.29 is 22.7 Å². The molecule has 0 radical (unpaired) electrons. The fourth-order valence-electron chi connectivity index (χ4n) is 1.98. The quantitative estimate of drug-likeness (QED) is 0.872. The predicted octanol–water partition coefficient (Wildman–Crippen LogP) is 0.571. The monoisotopic (exact) mass is 275 g/mol. The van der Waals surface area contributed by atoms with E-state index in [2.05, 4.69) is 0 Å². The van der Waals surface area contributed by atoms with E-state index in [-0.39, 0.29) is 17.5 Å². The second kappa shape index (κ2) is 4.65. The highest BCUT2D eigenvalue weighted by Gasteiger charge is 2.41. The molecule has 0 bridgehead atoms. The van der Waals surface area contributed by atoms with Gasteiger partial charge in [0.25, 0.3) is 10.0 Å². The molecule has 18 heavy (non-hydrogen) atoms. The van der Waals surface area contributed by atoms with Crippen molar-refractivity contribution >= 4 is 10.0 Å². The molecule has 0 aliphatic carbocycles. The normalized spacial score (nSPS) is 21.1. The number of aliphatic hydroxyl groups excluding tert-OH is 1. The summed E-state index contributed by atoms with van der Waals surface area (Å²) in [6.07, 6.45) is 0. The lowest BCUT2D eigenvalue weighted by atomic mass is 10.1. The molecule has 0 atom stereocenters. The third-order valence-corrected chi connectivity index (χ3v) is 4.89. The molecule has 0 unspecified atom stereocenters. The Morgan fingerprint density at radius 1 is 1.44 bits per heavy atom. The maximum atomic E-state index is 12.4. The average Bonchev–Trinajstić information content (AvgIpc) is 2.77. The highest BCUT2D eigenvalue weighted by atomic mass is 32.2. The van der Waals surface area contributed by atoms with Gasteiger partial charge in [0.2, 0.25) is 5.09 Å². The van der Waals surface area contributed by atoms with Crippen LogP contribution in [0.1, 0.15) is 19.6 Å². The number of morpholine rings is 1. The van der Waals surface area contributed by atoms with Crippen LogP contribution in [-0.2, 0) is 21.4 Å². The first-order chi connectivity index (χ1) is 8.38. The Morgan fingerprint density at radius 3 is 2.72 bits per heavy atom. The Hall–Kier alpha value is -0.890. The minimum atomic E-state index is -3.68. The molecule has 1 aliphatic heterocycles. The minimum Gasteiger partial charge on any atom is -0.446 e. The van der Waals surface area contributed by atoms with Gasteiger partial charge in [0, 0.05) is 6.54 Å². The molecule has 0 saturated carbocycles. The first-order valence-electron chi connectivity index (χ1n) is 5.68. The van der Waals surface area contributed by atoms with E-state index in [0.717, 1.165) is 0 Å². The third kappa shape index (κ3) is 2.31. The second-order valence-corrected chi connectivity index (χ2v) is 6.61. The van der Waals surface area contributed by atoms with Crippen molar-refractivity contribution in [2.75, 3.05) is 19.8 Å². The number of hydrogen-bond acceptors (Lipinski definition) is 5. The Balaban J connectivity index is 2.35. The lowest BCUT2D eigenvalue weighted by Gasteiger charge is -2.40. The maximum Gasteiger partial charge on any atom is 0.277 e. The van der Waals surface area contributed by atoms with Crippen LogP contribution < -0.4 is 0 Å². The van der Waals surface area contributed by atoms with Gasteiger partial charge in [0.05, 0.1) is 18.8 Å². The molecule has 0 aromatic carbocycles. The van der Waals surface area contributed by atoms with E-state index >= 15 is 0 Å². The molecule has 7 heteroatoms. The van der Waals surface area contributed by atoms with Crippen molar-refractivity contribution in [3.63, 3.8) is 0 Å². The fourth-order valence-corrected chi connectivity index (χ4v) is 3.67. The number of aliphatic hydroxyl groups is 1. The Kier molecular flexibility index (Phi) is 3.50. The molecule has 0 spiro atoms. The highest BCUT2D eigenvalue weighted by molar-refractivity contribution is 7.89. The summed E-state index contributed by atoms with van der Waals surface area (Å²) in [6, 6.07) is 2.83. The van der Waals surface area contributed by atoms with Crippen LogP contribution in [0.5, 0.6) is 0 Å². The van der Waals surface area contributed by atoms with Gasteiger partial charge in [-0.3, -0.25) is 0 Å². The molecule has 6 nitrogen and oxygen atoms in total. The molecule has 2 rings (SSSR count). The van der Waals surface area contributed by atoms with E-state index in [9.17, 15) is 8.42 Å².